The van der Waals surface area contributed by atoms with Crippen molar-refractivity contribution >= 4 is 28.9 Å². The van der Waals surface area contributed by atoms with Crippen molar-refractivity contribution in [3.8, 4) is 0 Å². The standard InChI is InChI=1S/C27H42ClNO2PS.BrH/c1-4-7-20-32(21-8-5-2,22-9-6-3)23-25-12-16-27(17-13-25)33(30,31)29-19-18-24-10-14-26(28)15-11-24;/h10-17,29H,4-9,18-23H2,1-3H3;1H/q+1;/p-1. The van der Waals surface area contributed by atoms with E-state index in [9.17, 15) is 8.42 Å². The second-order valence-electron chi connectivity index (χ2n) is 9.15. The summed E-state index contributed by atoms with van der Waals surface area (Å²) < 4.78 is 28.3. The topological polar surface area (TPSA) is 46.2 Å². The predicted octanol–water partition coefficient (Wildman–Crippen LogP) is 4.78. The first-order chi connectivity index (χ1) is 15.8. The maximum Gasteiger partial charge on any atom is 0.240 e. The average Bonchev–Trinajstić information content (AvgIpc) is 2.81. The number of unbranched alkanes of at least 4 members (excludes halogenated alkanes) is 3. The molecule has 0 spiro atoms. The van der Waals surface area contributed by atoms with Crippen molar-refractivity contribution in [2.75, 3.05) is 25.0 Å². The zero-order valence-electron chi connectivity index (χ0n) is 21.0. The first-order valence-corrected chi connectivity index (χ1v) is 16.9. The number of hydrogen-bond acceptors (Lipinski definition) is 2. The maximum absolute atomic E-state index is 12.8. The highest BCUT2D eigenvalue weighted by molar-refractivity contribution is 7.89. The second-order valence-corrected chi connectivity index (χ2v) is 15.7. The van der Waals surface area contributed by atoms with E-state index in [1.165, 1.54) is 62.6 Å². The summed E-state index contributed by atoms with van der Waals surface area (Å²) in [5.41, 5.74) is 2.36. The van der Waals surface area contributed by atoms with E-state index in [1.807, 2.05) is 36.4 Å². The number of rotatable bonds is 16. The molecule has 3 nitrogen and oxygen atoms in total. The van der Waals surface area contributed by atoms with Crippen LogP contribution < -0.4 is 21.7 Å². The number of nitrogens with one attached hydrogen (secondary N) is 1. The fourth-order valence-electron chi connectivity index (χ4n) is 4.28. The molecule has 0 aliphatic heterocycles. The van der Waals surface area contributed by atoms with Gasteiger partial charge in [-0.25, -0.2) is 13.1 Å². The first-order valence-electron chi connectivity index (χ1n) is 12.5. The van der Waals surface area contributed by atoms with Gasteiger partial charge in [0.2, 0.25) is 10.0 Å². The van der Waals surface area contributed by atoms with E-state index in [4.69, 9.17) is 11.6 Å². The molecule has 2 aromatic carbocycles. The average molecular weight is 591 g/mol. The van der Waals surface area contributed by atoms with Crippen LogP contribution in [0.15, 0.2) is 53.4 Å². The maximum atomic E-state index is 12.8. The third-order valence-electron chi connectivity index (χ3n) is 6.33. The van der Waals surface area contributed by atoms with E-state index in [1.54, 1.807) is 12.1 Å². The Balaban J connectivity index is 0.00000578. The van der Waals surface area contributed by atoms with Crippen LogP contribution in [0, 0.1) is 0 Å². The smallest absolute Gasteiger partial charge is 0.240 e. The van der Waals surface area contributed by atoms with E-state index in [0.29, 0.717) is 22.9 Å². The van der Waals surface area contributed by atoms with Crippen LogP contribution in [0.25, 0.3) is 0 Å². The van der Waals surface area contributed by atoms with Gasteiger partial charge in [-0.15, -0.1) is 0 Å². The lowest BCUT2D eigenvalue weighted by Crippen LogP contribution is -3.00. The van der Waals surface area contributed by atoms with E-state index in [-0.39, 0.29) is 17.0 Å². The Bertz CT molecular complexity index is 899. The molecule has 1 N–H and O–H groups in total. The predicted molar refractivity (Wildman–Crippen MR) is 147 cm³/mol. The first kappa shape index (κ1) is 31.6. The number of sulfonamides is 1. The quantitative estimate of drug-likeness (QED) is 0.286. The molecule has 2 aromatic rings. The van der Waals surface area contributed by atoms with Crippen molar-refractivity contribution in [2.45, 2.75) is 76.8 Å². The normalized spacial score (nSPS) is 11.9. The molecule has 0 unspecified atom stereocenters. The Labute approximate surface area is 224 Å². The zero-order chi connectivity index (χ0) is 24.2. The molecular weight excluding hydrogens is 549 g/mol. The van der Waals surface area contributed by atoms with Gasteiger partial charge >= 0.3 is 0 Å². The highest BCUT2D eigenvalue weighted by atomic mass is 79.9. The van der Waals surface area contributed by atoms with Gasteiger partial charge in [-0.05, 0) is 61.1 Å². The summed E-state index contributed by atoms with van der Waals surface area (Å²) >= 11 is 5.92. The summed E-state index contributed by atoms with van der Waals surface area (Å²) in [6, 6.07) is 15.2. The van der Waals surface area contributed by atoms with Gasteiger partial charge in [0.05, 0.1) is 29.5 Å². The molecule has 2 rings (SSSR count). The molecule has 0 aliphatic carbocycles. The minimum atomic E-state index is -3.51. The molecule has 0 radical (unpaired) electrons. The van der Waals surface area contributed by atoms with Crippen molar-refractivity contribution in [2.24, 2.45) is 0 Å². The lowest BCUT2D eigenvalue weighted by Gasteiger charge is -2.28. The molecule has 0 amide bonds. The Morgan fingerprint density at radius 2 is 1.24 bits per heavy atom. The van der Waals surface area contributed by atoms with Crippen molar-refractivity contribution in [3.63, 3.8) is 0 Å². The van der Waals surface area contributed by atoms with Gasteiger partial charge in [-0.3, -0.25) is 0 Å². The molecule has 0 heterocycles. The minimum absolute atomic E-state index is 0. The summed E-state index contributed by atoms with van der Waals surface area (Å²) in [6.07, 6.45) is 13.6. The van der Waals surface area contributed by atoms with Crippen LogP contribution in [0.4, 0.5) is 0 Å². The van der Waals surface area contributed by atoms with Gasteiger partial charge in [0.1, 0.15) is 0 Å². The molecule has 192 valence electrons. The third kappa shape index (κ3) is 10.7. The fraction of sp³-hybridized carbons (Fsp3) is 0.556. The van der Waals surface area contributed by atoms with E-state index >= 15 is 0 Å². The highest BCUT2D eigenvalue weighted by Crippen LogP contribution is 2.63. The number of benzene rings is 2. The molecular formula is C27H42BrClNO2PS. The summed E-state index contributed by atoms with van der Waals surface area (Å²) in [7, 11) is -4.56. The minimum Gasteiger partial charge on any atom is -1.00 e. The van der Waals surface area contributed by atoms with Crippen LogP contribution in [0.3, 0.4) is 0 Å². The van der Waals surface area contributed by atoms with Gasteiger partial charge in [-0.1, -0.05) is 75.9 Å². The molecule has 34 heavy (non-hydrogen) atoms. The molecule has 7 heteroatoms. The summed E-state index contributed by atoms with van der Waals surface area (Å²) in [6.45, 7) is 7.22. The summed E-state index contributed by atoms with van der Waals surface area (Å²) in [5, 5.41) is 0.685. The van der Waals surface area contributed by atoms with E-state index < -0.39 is 17.3 Å². The van der Waals surface area contributed by atoms with Gasteiger partial charge in [0.25, 0.3) is 0 Å². The van der Waals surface area contributed by atoms with E-state index in [0.717, 1.165) is 11.7 Å². The molecule has 0 atom stereocenters. The Kier molecular flexibility index (Phi) is 15.2. The molecule has 0 bridgehead atoms. The van der Waals surface area contributed by atoms with Crippen molar-refractivity contribution in [1.29, 1.82) is 0 Å². The number of hydrogen-bond donors (Lipinski definition) is 1. The molecule has 0 aliphatic rings. The molecule has 0 saturated carbocycles. The number of halogens is 2. The summed E-state index contributed by atoms with van der Waals surface area (Å²) in [4.78, 5) is 0.349. The van der Waals surface area contributed by atoms with Crippen LogP contribution in [0.1, 0.15) is 70.4 Å². The van der Waals surface area contributed by atoms with Gasteiger partial charge in [0, 0.05) is 18.8 Å². The molecule has 0 aromatic heterocycles. The van der Waals surface area contributed by atoms with Gasteiger partial charge in [-0.2, -0.15) is 0 Å². The lowest BCUT2D eigenvalue weighted by atomic mass is 10.2. The summed E-state index contributed by atoms with van der Waals surface area (Å²) in [5.74, 6) is 0. The highest BCUT2D eigenvalue weighted by Gasteiger charge is 2.35. The Morgan fingerprint density at radius 1 is 0.765 bits per heavy atom. The fourth-order valence-corrected chi connectivity index (χ4v) is 10.5. The SMILES string of the molecule is CCCC[P+](CCCC)(CCCC)Cc1ccc(S(=O)(=O)NCCc2ccc(Cl)cc2)cc1.[Br-]. The monoisotopic (exact) mass is 589 g/mol. The lowest BCUT2D eigenvalue weighted by molar-refractivity contribution is -0.00000959. The van der Waals surface area contributed by atoms with Gasteiger partial charge in [0.15, 0.2) is 0 Å². The zero-order valence-corrected chi connectivity index (χ0v) is 25.1. The van der Waals surface area contributed by atoms with Crippen LogP contribution in [0.2, 0.25) is 5.02 Å². The molecule has 0 fully saturated rings. The third-order valence-corrected chi connectivity index (χ3v) is 12.9. The van der Waals surface area contributed by atoms with Crippen LogP contribution in [-0.2, 0) is 22.6 Å². The van der Waals surface area contributed by atoms with Crippen molar-refractivity contribution < 1.29 is 25.4 Å². The Hall–Kier alpha value is -0.450. The largest absolute Gasteiger partial charge is 1.00 e. The second kappa shape index (κ2) is 16.3. The van der Waals surface area contributed by atoms with Crippen molar-refractivity contribution in [3.05, 3.63) is 64.7 Å². The molecule has 0 saturated heterocycles. The van der Waals surface area contributed by atoms with Crippen LogP contribution >= 0.6 is 18.9 Å². The van der Waals surface area contributed by atoms with Gasteiger partial charge < -0.3 is 17.0 Å². The van der Waals surface area contributed by atoms with Crippen LogP contribution in [0.5, 0.6) is 0 Å². The van der Waals surface area contributed by atoms with Crippen molar-refractivity contribution in [1.82, 2.24) is 4.72 Å². The van der Waals surface area contributed by atoms with Crippen LogP contribution in [-0.4, -0.2) is 33.4 Å². The van der Waals surface area contributed by atoms with E-state index in [2.05, 4.69) is 25.5 Å². The Morgan fingerprint density at radius 3 is 1.71 bits per heavy atom.